The molecule has 2 rings (SSSR count). The van der Waals surface area contributed by atoms with Crippen molar-refractivity contribution in [2.45, 2.75) is 57.8 Å². The molecule has 0 atom stereocenters. The van der Waals surface area contributed by atoms with Crippen LogP contribution in [-0.4, -0.2) is 65.0 Å². The number of rotatable bonds is 11. The van der Waals surface area contributed by atoms with Crippen LogP contribution in [-0.2, 0) is 14.3 Å². The second-order valence-electron chi connectivity index (χ2n) is 7.97. The molecule has 0 bridgehead atoms. The maximum Gasteiger partial charge on any atom is 0.220 e. The van der Waals surface area contributed by atoms with Crippen LogP contribution in [0, 0.1) is 11.8 Å². The smallest absolute Gasteiger partial charge is 0.220 e. The van der Waals surface area contributed by atoms with Crippen LogP contribution in [0.5, 0.6) is 0 Å². The van der Waals surface area contributed by atoms with E-state index in [2.05, 4.69) is 20.9 Å². The van der Waals surface area contributed by atoms with E-state index in [0.717, 1.165) is 58.2 Å². The van der Waals surface area contributed by atoms with Gasteiger partial charge in [-0.05, 0) is 43.9 Å². The number of nitrogens with one attached hydrogen (secondary N) is 3. The first-order valence-electron chi connectivity index (χ1n) is 11.1. The third-order valence-electron chi connectivity index (χ3n) is 5.61. The van der Waals surface area contributed by atoms with Gasteiger partial charge in [0.05, 0.1) is 0 Å². The summed E-state index contributed by atoms with van der Waals surface area (Å²) < 4.78 is 11.1. The SMILES string of the molecule is CN=C(NCCCOCC1CCOCC1)NCCNC(=O)CC1CCCCC1. The van der Waals surface area contributed by atoms with Crippen molar-refractivity contribution in [2.24, 2.45) is 16.8 Å². The van der Waals surface area contributed by atoms with Gasteiger partial charge in [-0.25, -0.2) is 0 Å². The fourth-order valence-corrected chi connectivity index (χ4v) is 3.87. The number of carbonyl (C=O) groups is 1. The summed E-state index contributed by atoms with van der Waals surface area (Å²) >= 11 is 0. The fraction of sp³-hybridized carbons (Fsp3) is 0.905. The second-order valence-corrected chi connectivity index (χ2v) is 7.97. The summed E-state index contributed by atoms with van der Waals surface area (Å²) in [6.07, 6.45) is 10.2. The fourth-order valence-electron chi connectivity index (χ4n) is 3.87. The topological polar surface area (TPSA) is 84.0 Å². The maximum absolute atomic E-state index is 12.0. The molecule has 3 N–H and O–H groups in total. The summed E-state index contributed by atoms with van der Waals surface area (Å²) in [5.74, 6) is 2.19. The van der Waals surface area contributed by atoms with Crippen LogP contribution in [0.15, 0.2) is 4.99 Å². The highest BCUT2D eigenvalue weighted by molar-refractivity contribution is 5.79. The summed E-state index contributed by atoms with van der Waals surface area (Å²) in [7, 11) is 1.76. The van der Waals surface area contributed by atoms with Gasteiger partial charge < -0.3 is 25.4 Å². The molecular formula is C21H40N4O3. The molecule has 7 heteroatoms. The Balaban J connectivity index is 1.42. The van der Waals surface area contributed by atoms with Crippen molar-refractivity contribution in [3.8, 4) is 0 Å². The van der Waals surface area contributed by atoms with Crippen molar-refractivity contribution in [1.29, 1.82) is 0 Å². The van der Waals surface area contributed by atoms with Crippen molar-refractivity contribution in [2.75, 3.05) is 53.1 Å². The van der Waals surface area contributed by atoms with E-state index in [1.54, 1.807) is 7.05 Å². The summed E-state index contributed by atoms with van der Waals surface area (Å²) in [6, 6.07) is 0. The van der Waals surface area contributed by atoms with Gasteiger partial charge >= 0.3 is 0 Å². The highest BCUT2D eigenvalue weighted by Gasteiger charge is 2.16. The van der Waals surface area contributed by atoms with Gasteiger partial charge in [0.1, 0.15) is 0 Å². The number of amides is 1. The molecule has 1 aliphatic carbocycles. The first-order valence-corrected chi connectivity index (χ1v) is 11.1. The molecule has 28 heavy (non-hydrogen) atoms. The van der Waals surface area contributed by atoms with Gasteiger partial charge in [-0.15, -0.1) is 0 Å². The quantitative estimate of drug-likeness (QED) is 0.283. The van der Waals surface area contributed by atoms with Gasteiger partial charge in [-0.2, -0.15) is 0 Å². The van der Waals surface area contributed by atoms with E-state index in [1.807, 2.05) is 0 Å². The zero-order valence-electron chi connectivity index (χ0n) is 17.6. The Labute approximate surface area is 170 Å². The van der Waals surface area contributed by atoms with Crippen molar-refractivity contribution in [1.82, 2.24) is 16.0 Å². The molecule has 2 aliphatic rings. The third kappa shape index (κ3) is 10.3. The Morgan fingerprint density at radius 2 is 1.68 bits per heavy atom. The molecule has 0 aromatic carbocycles. The van der Waals surface area contributed by atoms with Crippen LogP contribution < -0.4 is 16.0 Å². The van der Waals surface area contributed by atoms with Gasteiger partial charge in [0.25, 0.3) is 0 Å². The first kappa shape index (κ1) is 22.9. The molecule has 0 spiro atoms. The van der Waals surface area contributed by atoms with Crippen LogP contribution in [0.2, 0.25) is 0 Å². The van der Waals surface area contributed by atoms with E-state index >= 15 is 0 Å². The molecular weight excluding hydrogens is 356 g/mol. The lowest BCUT2D eigenvalue weighted by molar-refractivity contribution is -0.122. The predicted octanol–water partition coefficient (Wildman–Crippen LogP) is 2.07. The normalized spacial score (nSPS) is 19.4. The van der Waals surface area contributed by atoms with Gasteiger partial charge in [0.2, 0.25) is 5.91 Å². The molecule has 1 heterocycles. The van der Waals surface area contributed by atoms with Crippen LogP contribution in [0.1, 0.15) is 57.8 Å². The molecule has 1 saturated heterocycles. The predicted molar refractivity (Wildman–Crippen MR) is 113 cm³/mol. The lowest BCUT2D eigenvalue weighted by Gasteiger charge is -2.21. The number of carbonyl (C=O) groups excluding carboxylic acids is 1. The second kappa shape index (κ2) is 14.6. The van der Waals surface area contributed by atoms with Gasteiger partial charge in [-0.1, -0.05) is 19.3 Å². The average molecular weight is 397 g/mol. The summed E-state index contributed by atoms with van der Waals surface area (Å²) in [5.41, 5.74) is 0. The number of ether oxygens (including phenoxy) is 2. The lowest BCUT2D eigenvalue weighted by Crippen LogP contribution is -2.42. The van der Waals surface area contributed by atoms with E-state index in [-0.39, 0.29) is 5.91 Å². The van der Waals surface area contributed by atoms with Gasteiger partial charge in [0, 0.05) is 59.5 Å². The van der Waals surface area contributed by atoms with E-state index in [4.69, 9.17) is 9.47 Å². The largest absolute Gasteiger partial charge is 0.381 e. The zero-order chi connectivity index (χ0) is 19.9. The van der Waals surface area contributed by atoms with Crippen molar-refractivity contribution < 1.29 is 14.3 Å². The van der Waals surface area contributed by atoms with Crippen LogP contribution in [0.3, 0.4) is 0 Å². The van der Waals surface area contributed by atoms with Gasteiger partial charge in [-0.3, -0.25) is 9.79 Å². The van der Waals surface area contributed by atoms with E-state index in [0.29, 0.717) is 31.3 Å². The minimum absolute atomic E-state index is 0.179. The monoisotopic (exact) mass is 396 g/mol. The molecule has 2 fully saturated rings. The molecule has 1 aliphatic heterocycles. The Morgan fingerprint density at radius 1 is 0.964 bits per heavy atom. The summed E-state index contributed by atoms with van der Waals surface area (Å²) in [4.78, 5) is 16.2. The molecule has 0 aromatic rings. The first-order chi connectivity index (χ1) is 13.8. The van der Waals surface area contributed by atoms with Crippen molar-refractivity contribution in [3.63, 3.8) is 0 Å². The van der Waals surface area contributed by atoms with Crippen molar-refractivity contribution in [3.05, 3.63) is 0 Å². The van der Waals surface area contributed by atoms with Crippen LogP contribution in [0.4, 0.5) is 0 Å². The maximum atomic E-state index is 12.0. The Bertz CT molecular complexity index is 447. The Kier molecular flexibility index (Phi) is 12.0. The molecule has 1 saturated carbocycles. The molecule has 0 aromatic heterocycles. The van der Waals surface area contributed by atoms with Crippen LogP contribution in [0.25, 0.3) is 0 Å². The van der Waals surface area contributed by atoms with E-state index in [9.17, 15) is 4.79 Å². The average Bonchev–Trinajstić information content (AvgIpc) is 2.73. The number of nitrogens with zero attached hydrogens (tertiary/aromatic N) is 1. The molecule has 0 radical (unpaired) electrons. The number of hydrogen-bond donors (Lipinski definition) is 3. The van der Waals surface area contributed by atoms with Gasteiger partial charge in [0.15, 0.2) is 5.96 Å². The van der Waals surface area contributed by atoms with E-state index in [1.165, 1.54) is 32.1 Å². The standard InChI is InChI=1S/C21H40N4O3/c1-22-21(24-10-5-13-28-17-19-8-14-27-15-9-19)25-12-11-23-20(26)16-18-6-3-2-4-7-18/h18-19H,2-17H2,1H3,(H,23,26)(H2,22,24,25). The Hall–Kier alpha value is -1.34. The summed E-state index contributed by atoms with van der Waals surface area (Å²) in [5, 5.41) is 9.54. The minimum Gasteiger partial charge on any atom is -0.381 e. The highest BCUT2D eigenvalue weighted by Crippen LogP contribution is 2.25. The van der Waals surface area contributed by atoms with Crippen molar-refractivity contribution >= 4 is 11.9 Å². The third-order valence-corrected chi connectivity index (χ3v) is 5.61. The number of aliphatic imine (C=N–C) groups is 1. The highest BCUT2D eigenvalue weighted by atomic mass is 16.5. The Morgan fingerprint density at radius 3 is 2.43 bits per heavy atom. The number of hydrogen-bond acceptors (Lipinski definition) is 4. The zero-order valence-corrected chi connectivity index (χ0v) is 17.6. The lowest BCUT2D eigenvalue weighted by atomic mass is 9.87. The molecule has 7 nitrogen and oxygen atoms in total. The van der Waals surface area contributed by atoms with E-state index < -0.39 is 0 Å². The minimum atomic E-state index is 0.179. The van der Waals surface area contributed by atoms with Crippen LogP contribution >= 0.6 is 0 Å². The molecule has 0 unspecified atom stereocenters. The summed E-state index contributed by atoms with van der Waals surface area (Å²) in [6.45, 7) is 5.48. The molecule has 1 amide bonds. The number of guanidine groups is 1. The molecule has 162 valence electrons.